The van der Waals surface area contributed by atoms with Crippen LogP contribution in [-0.2, 0) is 65.4 Å². The molecule has 0 aliphatic carbocycles. The van der Waals surface area contributed by atoms with Crippen LogP contribution in [-0.4, -0.2) is 96.7 Å². The van der Waals surface area contributed by atoms with Gasteiger partial charge in [-0.05, 0) is 37.5 Å². The molecule has 0 aromatic heterocycles. The monoisotopic (exact) mass is 1350 g/mol. The first-order chi connectivity index (χ1) is 44.4. The summed E-state index contributed by atoms with van der Waals surface area (Å²) >= 11 is 0. The van der Waals surface area contributed by atoms with Crippen LogP contribution in [0.5, 0.6) is 0 Å². The Hall–Kier alpha value is -1.94. The summed E-state index contributed by atoms with van der Waals surface area (Å²) in [6.07, 6.45) is 51.5. The Bertz CT molecular complexity index is 1790. The van der Waals surface area contributed by atoms with Gasteiger partial charge in [0.05, 0.1) is 26.4 Å². The van der Waals surface area contributed by atoms with Crippen molar-refractivity contribution < 1.29 is 80.2 Å². The van der Waals surface area contributed by atoms with Crippen LogP contribution in [0.1, 0.15) is 375 Å². The van der Waals surface area contributed by atoms with Gasteiger partial charge in [0.2, 0.25) is 0 Å². The first-order valence-corrected chi connectivity index (χ1v) is 41.0. The Morgan fingerprint density at radius 3 is 0.826 bits per heavy atom. The number of hydrogen-bond donors (Lipinski definition) is 3. The van der Waals surface area contributed by atoms with E-state index in [-0.39, 0.29) is 25.7 Å². The molecule has 0 bridgehead atoms. The molecule has 19 heteroatoms. The molecular weight excluding hydrogens is 1210 g/mol. The SMILES string of the molecule is CCCCCCCCCCCCCCCCCCCCCC(=O)O[C@H](COC(=O)CCCCCCCCCCCCCCC(C)C)COP(=O)(O)OC[C@@H](O)COP(=O)(O)OC[C@@H](COC(=O)CCCCCCCCCC)OC(=O)CCCCCCCCC(C)CC. The molecule has 92 heavy (non-hydrogen) atoms. The zero-order valence-electron chi connectivity index (χ0n) is 59.9. The number of hydrogen-bond acceptors (Lipinski definition) is 15. The number of phosphoric ester groups is 2. The van der Waals surface area contributed by atoms with Crippen molar-refractivity contribution in [2.45, 2.75) is 394 Å². The number of esters is 4. The van der Waals surface area contributed by atoms with E-state index in [0.717, 1.165) is 108 Å². The maximum atomic E-state index is 13.1. The number of ether oxygens (including phenoxy) is 4. The lowest BCUT2D eigenvalue weighted by atomic mass is 10.00. The van der Waals surface area contributed by atoms with E-state index < -0.39 is 97.5 Å². The molecule has 0 aliphatic heterocycles. The van der Waals surface area contributed by atoms with Gasteiger partial charge in [0.25, 0.3) is 0 Å². The third-order valence-electron chi connectivity index (χ3n) is 17.3. The molecule has 0 heterocycles. The highest BCUT2D eigenvalue weighted by Gasteiger charge is 2.30. The van der Waals surface area contributed by atoms with Gasteiger partial charge >= 0.3 is 39.5 Å². The summed E-state index contributed by atoms with van der Waals surface area (Å²) in [6, 6.07) is 0. The number of unbranched alkanes of at least 4 members (excludes halogenated alkanes) is 41. The molecule has 546 valence electrons. The summed E-state index contributed by atoms with van der Waals surface area (Å²) in [5.41, 5.74) is 0. The summed E-state index contributed by atoms with van der Waals surface area (Å²) < 4.78 is 68.3. The second-order valence-electron chi connectivity index (χ2n) is 27.1. The van der Waals surface area contributed by atoms with Crippen molar-refractivity contribution in [3.8, 4) is 0 Å². The van der Waals surface area contributed by atoms with Crippen molar-refractivity contribution in [1.82, 2.24) is 0 Å². The number of carbonyl (C=O) groups is 4. The van der Waals surface area contributed by atoms with Crippen LogP contribution in [0.15, 0.2) is 0 Å². The molecule has 0 rings (SSSR count). The van der Waals surface area contributed by atoms with Gasteiger partial charge in [0.1, 0.15) is 19.3 Å². The average molecular weight is 1350 g/mol. The van der Waals surface area contributed by atoms with Crippen molar-refractivity contribution in [3.63, 3.8) is 0 Å². The Morgan fingerprint density at radius 1 is 0.315 bits per heavy atom. The normalized spacial score (nSPS) is 14.4. The number of carbonyl (C=O) groups excluding carboxylic acids is 4. The largest absolute Gasteiger partial charge is 0.472 e. The van der Waals surface area contributed by atoms with Crippen molar-refractivity contribution in [2.24, 2.45) is 11.8 Å². The van der Waals surface area contributed by atoms with E-state index in [1.54, 1.807) is 0 Å². The van der Waals surface area contributed by atoms with Gasteiger partial charge in [0.15, 0.2) is 12.2 Å². The highest BCUT2D eigenvalue weighted by atomic mass is 31.2. The van der Waals surface area contributed by atoms with Gasteiger partial charge < -0.3 is 33.8 Å². The standard InChI is InChI=1S/C73H142O17P2/c1-7-10-12-14-16-18-19-20-21-22-23-24-25-26-31-34-38-45-51-57-72(77)89-68(61-84-71(76)56-50-44-37-33-30-28-27-29-32-35-41-47-53-65(4)5)63-87-91(79,80)85-59-67(74)60-86-92(81,82)88-64-69(62-83-70(75)55-49-43-36-17-15-13-11-8-2)90-73(78)58-52-46-40-39-42-48-54-66(6)9-3/h65-69,74H,7-64H2,1-6H3,(H,79,80)(H,81,82)/t66?,67-,68-,69-/m1/s1. The fraction of sp³-hybridized carbons (Fsp3) is 0.945. The average Bonchev–Trinajstić information content (AvgIpc) is 1.85. The molecule has 3 unspecified atom stereocenters. The van der Waals surface area contributed by atoms with Crippen LogP contribution in [0.2, 0.25) is 0 Å². The van der Waals surface area contributed by atoms with Crippen LogP contribution in [0.3, 0.4) is 0 Å². The fourth-order valence-electron chi connectivity index (χ4n) is 11.1. The summed E-state index contributed by atoms with van der Waals surface area (Å²) in [6.45, 7) is 9.51. The molecule has 0 aromatic carbocycles. The van der Waals surface area contributed by atoms with Crippen molar-refractivity contribution in [3.05, 3.63) is 0 Å². The predicted molar refractivity (Wildman–Crippen MR) is 372 cm³/mol. The first kappa shape index (κ1) is 90.1. The van der Waals surface area contributed by atoms with Gasteiger partial charge in [-0.1, -0.05) is 324 Å². The number of aliphatic hydroxyl groups excluding tert-OH is 1. The summed E-state index contributed by atoms with van der Waals surface area (Å²) in [4.78, 5) is 72.6. The van der Waals surface area contributed by atoms with E-state index in [1.165, 1.54) is 186 Å². The molecule has 0 fully saturated rings. The molecule has 0 spiro atoms. The molecule has 0 aromatic rings. The van der Waals surface area contributed by atoms with Gasteiger partial charge in [-0.15, -0.1) is 0 Å². The lowest BCUT2D eigenvalue weighted by Crippen LogP contribution is -2.30. The van der Waals surface area contributed by atoms with E-state index in [4.69, 9.17) is 37.0 Å². The number of rotatable bonds is 72. The van der Waals surface area contributed by atoms with Crippen LogP contribution in [0, 0.1) is 11.8 Å². The molecule has 0 saturated heterocycles. The van der Waals surface area contributed by atoms with Gasteiger partial charge in [-0.25, -0.2) is 9.13 Å². The second kappa shape index (κ2) is 65.0. The van der Waals surface area contributed by atoms with Crippen LogP contribution < -0.4 is 0 Å². The smallest absolute Gasteiger partial charge is 0.462 e. The fourth-order valence-corrected chi connectivity index (χ4v) is 12.7. The Labute approximate surface area is 562 Å². The Balaban J connectivity index is 5.20. The Morgan fingerprint density at radius 2 is 0.554 bits per heavy atom. The van der Waals surface area contributed by atoms with E-state index in [2.05, 4.69) is 41.5 Å². The van der Waals surface area contributed by atoms with Crippen molar-refractivity contribution in [2.75, 3.05) is 39.6 Å². The van der Waals surface area contributed by atoms with Crippen molar-refractivity contribution in [1.29, 1.82) is 0 Å². The summed E-state index contributed by atoms with van der Waals surface area (Å²) in [7, 11) is -9.90. The molecule has 0 amide bonds. The highest BCUT2D eigenvalue weighted by Crippen LogP contribution is 2.45. The van der Waals surface area contributed by atoms with Crippen LogP contribution >= 0.6 is 15.6 Å². The van der Waals surface area contributed by atoms with E-state index in [1.807, 2.05) is 0 Å². The molecule has 0 aliphatic rings. The zero-order valence-corrected chi connectivity index (χ0v) is 61.6. The van der Waals surface area contributed by atoms with E-state index >= 15 is 0 Å². The zero-order chi connectivity index (χ0) is 67.9. The van der Waals surface area contributed by atoms with Gasteiger partial charge in [0, 0.05) is 25.7 Å². The lowest BCUT2D eigenvalue weighted by Gasteiger charge is -2.21. The maximum absolute atomic E-state index is 13.1. The van der Waals surface area contributed by atoms with Gasteiger partial charge in [-0.3, -0.25) is 37.3 Å². The maximum Gasteiger partial charge on any atom is 0.472 e. The lowest BCUT2D eigenvalue weighted by molar-refractivity contribution is -0.161. The minimum Gasteiger partial charge on any atom is -0.462 e. The summed E-state index contributed by atoms with van der Waals surface area (Å²) in [5.74, 6) is -0.623. The molecule has 3 N–H and O–H groups in total. The highest BCUT2D eigenvalue weighted by molar-refractivity contribution is 7.47. The van der Waals surface area contributed by atoms with E-state index in [0.29, 0.717) is 25.7 Å². The molecular formula is C73H142O17P2. The number of aliphatic hydroxyl groups is 1. The molecule has 6 atom stereocenters. The molecule has 17 nitrogen and oxygen atoms in total. The quantitative estimate of drug-likeness (QED) is 0.0222. The third-order valence-corrected chi connectivity index (χ3v) is 19.2. The molecule has 0 saturated carbocycles. The predicted octanol–water partition coefficient (Wildman–Crippen LogP) is 21.2. The minimum absolute atomic E-state index is 0.103. The summed E-state index contributed by atoms with van der Waals surface area (Å²) in [5, 5.41) is 10.6. The molecule has 0 radical (unpaired) electrons. The van der Waals surface area contributed by atoms with Gasteiger partial charge in [-0.2, -0.15) is 0 Å². The Kier molecular flexibility index (Phi) is 63.7. The first-order valence-electron chi connectivity index (χ1n) is 38.0. The number of phosphoric acid groups is 2. The van der Waals surface area contributed by atoms with Crippen molar-refractivity contribution >= 4 is 39.5 Å². The van der Waals surface area contributed by atoms with E-state index in [9.17, 15) is 43.2 Å². The van der Waals surface area contributed by atoms with Crippen LogP contribution in [0.25, 0.3) is 0 Å². The minimum atomic E-state index is -4.95. The van der Waals surface area contributed by atoms with Crippen LogP contribution in [0.4, 0.5) is 0 Å². The topological polar surface area (TPSA) is 237 Å². The third kappa shape index (κ3) is 65.4. The second-order valence-corrected chi connectivity index (χ2v) is 30.0.